The first-order chi connectivity index (χ1) is 9.25. The third-order valence-electron chi connectivity index (χ3n) is 4.00. The zero-order chi connectivity index (χ0) is 13.2. The molecule has 4 heteroatoms. The van der Waals surface area contributed by atoms with E-state index in [2.05, 4.69) is 18.3 Å². The van der Waals surface area contributed by atoms with Crippen LogP contribution in [0, 0.1) is 0 Å². The summed E-state index contributed by atoms with van der Waals surface area (Å²) in [6, 6.07) is 8.60. The fourth-order valence-electron chi connectivity index (χ4n) is 2.89. The van der Waals surface area contributed by atoms with Gasteiger partial charge in [-0.05, 0) is 37.8 Å². The van der Waals surface area contributed by atoms with Gasteiger partial charge in [-0.25, -0.2) is 4.79 Å². The summed E-state index contributed by atoms with van der Waals surface area (Å²) in [6.07, 6.45) is 2.98. The molecule has 0 aromatic heterocycles. The average Bonchev–Trinajstić information content (AvgIpc) is 2.91. The molecule has 2 atom stereocenters. The number of fused-ring (bicyclic) bond motifs is 1. The molecule has 1 fully saturated rings. The highest BCUT2D eigenvalue weighted by atomic mass is 16.5. The summed E-state index contributed by atoms with van der Waals surface area (Å²) in [4.78, 5) is 14.4. The number of benzene rings is 1. The number of urea groups is 1. The lowest BCUT2D eigenvalue weighted by Gasteiger charge is -2.35. The second-order valence-corrected chi connectivity index (χ2v) is 5.40. The maximum Gasteiger partial charge on any atom is 0.322 e. The number of amides is 2. The summed E-state index contributed by atoms with van der Waals surface area (Å²) < 4.78 is 5.31. The van der Waals surface area contributed by atoms with Crippen molar-refractivity contribution < 1.29 is 9.53 Å². The Morgan fingerprint density at radius 2 is 2.21 bits per heavy atom. The van der Waals surface area contributed by atoms with Gasteiger partial charge >= 0.3 is 6.03 Å². The lowest BCUT2D eigenvalue weighted by molar-refractivity contribution is 0.189. The van der Waals surface area contributed by atoms with Crippen LogP contribution >= 0.6 is 0 Å². The largest absolute Gasteiger partial charge is 0.379 e. The number of para-hydroxylation sites is 1. The number of hydrogen-bond donors (Lipinski definition) is 1. The normalized spacial score (nSPS) is 26.1. The van der Waals surface area contributed by atoms with E-state index in [-0.39, 0.29) is 18.1 Å². The highest BCUT2D eigenvalue weighted by Gasteiger charge is 2.29. The Morgan fingerprint density at radius 1 is 1.37 bits per heavy atom. The number of hydrogen-bond acceptors (Lipinski definition) is 2. The van der Waals surface area contributed by atoms with Gasteiger partial charge in [0, 0.05) is 18.3 Å². The van der Waals surface area contributed by atoms with Crippen molar-refractivity contribution in [2.45, 2.75) is 38.3 Å². The van der Waals surface area contributed by atoms with Crippen molar-refractivity contribution in [3.8, 4) is 0 Å². The zero-order valence-corrected chi connectivity index (χ0v) is 11.3. The molecule has 102 valence electrons. The lowest BCUT2D eigenvalue weighted by Crippen LogP contribution is -2.50. The molecule has 2 aliphatic rings. The van der Waals surface area contributed by atoms with Gasteiger partial charge in [-0.2, -0.15) is 0 Å². The molecule has 4 nitrogen and oxygen atoms in total. The van der Waals surface area contributed by atoms with Crippen LogP contribution in [0.2, 0.25) is 0 Å². The van der Waals surface area contributed by atoms with E-state index in [1.165, 1.54) is 5.56 Å². The monoisotopic (exact) mass is 260 g/mol. The molecular weight excluding hydrogens is 240 g/mol. The van der Waals surface area contributed by atoms with Gasteiger partial charge in [0.15, 0.2) is 0 Å². The van der Waals surface area contributed by atoms with E-state index in [0.29, 0.717) is 6.61 Å². The first kappa shape index (κ1) is 12.5. The Kier molecular flexibility index (Phi) is 3.42. The van der Waals surface area contributed by atoms with Gasteiger partial charge in [0.05, 0.1) is 12.6 Å². The molecule has 1 saturated heterocycles. The first-order valence-corrected chi connectivity index (χ1v) is 7.01. The molecule has 2 aliphatic heterocycles. The average molecular weight is 260 g/mol. The van der Waals surface area contributed by atoms with Crippen LogP contribution in [-0.4, -0.2) is 31.3 Å². The van der Waals surface area contributed by atoms with Gasteiger partial charge < -0.3 is 10.1 Å². The van der Waals surface area contributed by atoms with Crippen LogP contribution in [0.5, 0.6) is 0 Å². The van der Waals surface area contributed by atoms with Crippen molar-refractivity contribution in [1.29, 1.82) is 0 Å². The minimum atomic E-state index is 0.00940. The van der Waals surface area contributed by atoms with Gasteiger partial charge in [0.25, 0.3) is 0 Å². The maximum atomic E-state index is 12.5. The SMILES string of the molecule is CC1CCc2ccccc2N1C(=O)NC1CCOC1. The molecule has 0 spiro atoms. The van der Waals surface area contributed by atoms with Gasteiger partial charge in [-0.1, -0.05) is 18.2 Å². The molecule has 0 radical (unpaired) electrons. The summed E-state index contributed by atoms with van der Waals surface area (Å²) in [5.41, 5.74) is 2.32. The molecule has 2 unspecified atom stereocenters. The standard InChI is InChI=1S/C15H20N2O2/c1-11-6-7-12-4-2-3-5-14(12)17(11)15(18)16-13-8-9-19-10-13/h2-5,11,13H,6-10H2,1H3,(H,16,18). The van der Waals surface area contributed by atoms with E-state index >= 15 is 0 Å². The number of nitrogens with one attached hydrogen (secondary N) is 1. The van der Waals surface area contributed by atoms with E-state index in [1.807, 2.05) is 23.1 Å². The molecule has 19 heavy (non-hydrogen) atoms. The van der Waals surface area contributed by atoms with Crippen molar-refractivity contribution in [2.24, 2.45) is 0 Å². The predicted octanol–water partition coefficient (Wildman–Crippen LogP) is 2.33. The Morgan fingerprint density at radius 3 is 3.00 bits per heavy atom. The second-order valence-electron chi connectivity index (χ2n) is 5.40. The van der Waals surface area contributed by atoms with Crippen molar-refractivity contribution in [1.82, 2.24) is 5.32 Å². The quantitative estimate of drug-likeness (QED) is 0.842. The van der Waals surface area contributed by atoms with Crippen LogP contribution in [0.4, 0.5) is 10.5 Å². The van der Waals surface area contributed by atoms with E-state index < -0.39 is 0 Å². The summed E-state index contributed by atoms with van der Waals surface area (Å²) in [7, 11) is 0. The predicted molar refractivity (Wildman–Crippen MR) is 74.5 cm³/mol. The van der Waals surface area contributed by atoms with Crippen LogP contribution in [0.1, 0.15) is 25.3 Å². The Bertz CT molecular complexity index is 469. The zero-order valence-electron chi connectivity index (χ0n) is 11.3. The molecule has 1 N–H and O–H groups in total. The summed E-state index contributed by atoms with van der Waals surface area (Å²) in [6.45, 7) is 3.49. The minimum Gasteiger partial charge on any atom is -0.379 e. The summed E-state index contributed by atoms with van der Waals surface area (Å²) in [5.74, 6) is 0. The molecule has 2 heterocycles. The second kappa shape index (κ2) is 5.21. The number of anilines is 1. The molecule has 0 saturated carbocycles. The van der Waals surface area contributed by atoms with E-state index in [1.54, 1.807) is 0 Å². The first-order valence-electron chi connectivity index (χ1n) is 7.01. The van der Waals surface area contributed by atoms with Crippen molar-refractivity contribution >= 4 is 11.7 Å². The van der Waals surface area contributed by atoms with Crippen LogP contribution in [-0.2, 0) is 11.2 Å². The van der Waals surface area contributed by atoms with Crippen molar-refractivity contribution in [2.75, 3.05) is 18.1 Å². The van der Waals surface area contributed by atoms with Crippen LogP contribution in [0.15, 0.2) is 24.3 Å². The van der Waals surface area contributed by atoms with E-state index in [4.69, 9.17) is 4.74 Å². The Balaban J connectivity index is 1.80. The molecule has 1 aromatic rings. The van der Waals surface area contributed by atoms with E-state index in [0.717, 1.165) is 31.6 Å². The molecule has 0 bridgehead atoms. The molecule has 0 aliphatic carbocycles. The molecule has 2 amide bonds. The van der Waals surface area contributed by atoms with Crippen molar-refractivity contribution in [3.05, 3.63) is 29.8 Å². The van der Waals surface area contributed by atoms with Gasteiger partial charge in [-0.3, -0.25) is 4.90 Å². The van der Waals surface area contributed by atoms with Gasteiger partial charge in [-0.15, -0.1) is 0 Å². The fourth-order valence-corrected chi connectivity index (χ4v) is 2.89. The number of nitrogens with zero attached hydrogens (tertiary/aromatic N) is 1. The number of ether oxygens (including phenoxy) is 1. The van der Waals surface area contributed by atoms with Gasteiger partial charge in [0.1, 0.15) is 0 Å². The third-order valence-corrected chi connectivity index (χ3v) is 4.00. The number of rotatable bonds is 1. The Hall–Kier alpha value is -1.55. The molecular formula is C15H20N2O2. The Labute approximate surface area is 113 Å². The number of aryl methyl sites for hydroxylation is 1. The van der Waals surface area contributed by atoms with E-state index in [9.17, 15) is 4.79 Å². The maximum absolute atomic E-state index is 12.5. The number of carbonyl (C=O) groups excluding carboxylic acids is 1. The van der Waals surface area contributed by atoms with Crippen LogP contribution in [0.25, 0.3) is 0 Å². The fraction of sp³-hybridized carbons (Fsp3) is 0.533. The number of carbonyl (C=O) groups is 1. The lowest BCUT2D eigenvalue weighted by atomic mass is 9.97. The summed E-state index contributed by atoms with van der Waals surface area (Å²) in [5, 5.41) is 3.08. The minimum absolute atomic E-state index is 0.00940. The molecule has 1 aromatic carbocycles. The smallest absolute Gasteiger partial charge is 0.322 e. The third kappa shape index (κ3) is 2.45. The topological polar surface area (TPSA) is 41.6 Å². The van der Waals surface area contributed by atoms with Crippen LogP contribution < -0.4 is 10.2 Å². The van der Waals surface area contributed by atoms with Crippen molar-refractivity contribution in [3.63, 3.8) is 0 Å². The summed E-state index contributed by atoms with van der Waals surface area (Å²) >= 11 is 0. The highest BCUT2D eigenvalue weighted by Crippen LogP contribution is 2.30. The van der Waals surface area contributed by atoms with Gasteiger partial charge in [0.2, 0.25) is 0 Å². The van der Waals surface area contributed by atoms with Crippen LogP contribution in [0.3, 0.4) is 0 Å². The highest BCUT2D eigenvalue weighted by molar-refractivity contribution is 5.94. The molecule has 3 rings (SSSR count).